The zero-order valence-electron chi connectivity index (χ0n) is 11.4. The van der Waals surface area contributed by atoms with Crippen LogP contribution in [0.25, 0.3) is 0 Å². The van der Waals surface area contributed by atoms with Crippen molar-refractivity contribution in [3.05, 3.63) is 0 Å². The SMILES string of the molecule is CC1CN(S(=O)(=O)N2CCN(C)CC2)CC(C)O1. The Balaban J connectivity index is 2.06. The van der Waals surface area contributed by atoms with Gasteiger partial charge in [0, 0.05) is 39.3 Å². The fraction of sp³-hybridized carbons (Fsp3) is 1.00. The van der Waals surface area contributed by atoms with Gasteiger partial charge in [0.25, 0.3) is 10.2 Å². The number of piperazine rings is 1. The maximum atomic E-state index is 12.5. The maximum absolute atomic E-state index is 12.5. The first-order chi connectivity index (χ1) is 8.39. The van der Waals surface area contributed by atoms with Crippen molar-refractivity contribution in [1.82, 2.24) is 13.5 Å². The molecule has 0 spiro atoms. The van der Waals surface area contributed by atoms with E-state index in [1.165, 1.54) is 0 Å². The summed E-state index contributed by atoms with van der Waals surface area (Å²) in [6, 6.07) is 0. The van der Waals surface area contributed by atoms with Crippen LogP contribution in [0.2, 0.25) is 0 Å². The van der Waals surface area contributed by atoms with Crippen LogP contribution in [-0.4, -0.2) is 80.5 Å². The molecule has 0 aromatic carbocycles. The molecule has 6 nitrogen and oxygen atoms in total. The Morgan fingerprint density at radius 3 is 1.94 bits per heavy atom. The van der Waals surface area contributed by atoms with Gasteiger partial charge < -0.3 is 9.64 Å². The maximum Gasteiger partial charge on any atom is 0.282 e. The second-order valence-corrected chi connectivity index (χ2v) is 7.21. The summed E-state index contributed by atoms with van der Waals surface area (Å²) in [6.07, 6.45) is -0.0630. The van der Waals surface area contributed by atoms with Gasteiger partial charge in [-0.25, -0.2) is 0 Å². The van der Waals surface area contributed by atoms with Crippen molar-refractivity contribution in [3.63, 3.8) is 0 Å². The summed E-state index contributed by atoms with van der Waals surface area (Å²) in [5.74, 6) is 0. The lowest BCUT2D eigenvalue weighted by Crippen LogP contribution is -2.56. The summed E-state index contributed by atoms with van der Waals surface area (Å²) < 4.78 is 33.8. The molecule has 2 atom stereocenters. The van der Waals surface area contributed by atoms with Crippen molar-refractivity contribution >= 4 is 10.2 Å². The number of nitrogens with zero attached hydrogens (tertiary/aromatic N) is 3. The van der Waals surface area contributed by atoms with E-state index in [4.69, 9.17) is 4.74 Å². The van der Waals surface area contributed by atoms with E-state index in [-0.39, 0.29) is 12.2 Å². The van der Waals surface area contributed by atoms with E-state index in [1.807, 2.05) is 20.9 Å². The van der Waals surface area contributed by atoms with E-state index in [2.05, 4.69) is 4.90 Å². The monoisotopic (exact) mass is 277 g/mol. The molecule has 7 heteroatoms. The van der Waals surface area contributed by atoms with Crippen molar-refractivity contribution in [2.75, 3.05) is 46.3 Å². The zero-order chi connectivity index (χ0) is 13.3. The smallest absolute Gasteiger partial charge is 0.282 e. The van der Waals surface area contributed by atoms with Gasteiger partial charge in [-0.15, -0.1) is 0 Å². The molecule has 0 N–H and O–H groups in total. The first-order valence-corrected chi connectivity index (χ1v) is 7.88. The van der Waals surface area contributed by atoms with E-state index >= 15 is 0 Å². The molecule has 0 aliphatic carbocycles. The third-order valence-corrected chi connectivity index (χ3v) is 5.47. The molecule has 2 unspecified atom stereocenters. The van der Waals surface area contributed by atoms with Crippen molar-refractivity contribution in [2.45, 2.75) is 26.1 Å². The third-order valence-electron chi connectivity index (χ3n) is 3.50. The Labute approximate surface area is 110 Å². The molecule has 0 aromatic rings. The summed E-state index contributed by atoms with van der Waals surface area (Å²) in [5, 5.41) is 0. The van der Waals surface area contributed by atoms with E-state index in [9.17, 15) is 8.42 Å². The van der Waals surface area contributed by atoms with Gasteiger partial charge in [-0.3, -0.25) is 0 Å². The quantitative estimate of drug-likeness (QED) is 0.688. The molecule has 2 aliphatic rings. The van der Waals surface area contributed by atoms with Crippen molar-refractivity contribution in [2.24, 2.45) is 0 Å². The Morgan fingerprint density at radius 2 is 1.44 bits per heavy atom. The predicted octanol–water partition coefficient (Wildman–Crippen LogP) is -0.412. The van der Waals surface area contributed by atoms with Crippen LogP contribution in [0, 0.1) is 0 Å². The molecular formula is C11H23N3O3S. The predicted molar refractivity (Wildman–Crippen MR) is 69.6 cm³/mol. The molecule has 0 saturated carbocycles. The fourth-order valence-corrected chi connectivity index (χ4v) is 4.25. The second kappa shape index (κ2) is 5.42. The molecule has 0 bridgehead atoms. The van der Waals surface area contributed by atoms with Crippen LogP contribution in [0.1, 0.15) is 13.8 Å². The molecule has 106 valence electrons. The molecule has 2 rings (SSSR count). The minimum absolute atomic E-state index is 0.0315. The summed E-state index contributed by atoms with van der Waals surface area (Å²) in [5.41, 5.74) is 0. The van der Waals surface area contributed by atoms with Crippen molar-refractivity contribution in [3.8, 4) is 0 Å². The van der Waals surface area contributed by atoms with Gasteiger partial charge in [-0.2, -0.15) is 17.0 Å². The number of ether oxygens (including phenoxy) is 1. The highest BCUT2D eigenvalue weighted by Crippen LogP contribution is 2.18. The van der Waals surface area contributed by atoms with Gasteiger partial charge in [-0.1, -0.05) is 0 Å². The standard InChI is InChI=1S/C11H23N3O3S/c1-10-8-14(9-11(2)17-10)18(15,16)13-6-4-12(3)5-7-13/h10-11H,4-9H2,1-3H3. The minimum Gasteiger partial charge on any atom is -0.373 e. The van der Waals surface area contributed by atoms with Gasteiger partial charge in [0.15, 0.2) is 0 Å². The highest BCUT2D eigenvalue weighted by molar-refractivity contribution is 7.86. The van der Waals surface area contributed by atoms with Gasteiger partial charge in [-0.05, 0) is 20.9 Å². The normalized spacial score (nSPS) is 33.7. The zero-order valence-corrected chi connectivity index (χ0v) is 12.2. The number of hydrogen-bond acceptors (Lipinski definition) is 4. The lowest BCUT2D eigenvalue weighted by atomic mass is 10.3. The van der Waals surface area contributed by atoms with Crippen LogP contribution in [0.5, 0.6) is 0 Å². The van der Waals surface area contributed by atoms with Crippen LogP contribution in [0.15, 0.2) is 0 Å². The number of rotatable bonds is 2. The molecule has 2 saturated heterocycles. The first kappa shape index (κ1) is 14.2. The Morgan fingerprint density at radius 1 is 0.944 bits per heavy atom. The van der Waals surface area contributed by atoms with Gasteiger partial charge in [0.2, 0.25) is 0 Å². The van der Waals surface area contributed by atoms with Gasteiger partial charge in [0.05, 0.1) is 12.2 Å². The van der Waals surface area contributed by atoms with E-state index in [0.717, 1.165) is 13.1 Å². The van der Waals surface area contributed by atoms with Crippen molar-refractivity contribution < 1.29 is 13.2 Å². The van der Waals surface area contributed by atoms with Crippen LogP contribution in [0.3, 0.4) is 0 Å². The summed E-state index contributed by atoms with van der Waals surface area (Å²) in [4.78, 5) is 2.15. The molecule has 0 radical (unpaired) electrons. The Bertz CT molecular complexity index is 369. The van der Waals surface area contributed by atoms with Gasteiger partial charge in [0.1, 0.15) is 0 Å². The molecular weight excluding hydrogens is 254 g/mol. The summed E-state index contributed by atoms with van der Waals surface area (Å²) in [6.45, 7) is 7.52. The molecule has 2 fully saturated rings. The number of hydrogen-bond donors (Lipinski definition) is 0. The lowest BCUT2D eigenvalue weighted by Gasteiger charge is -2.39. The summed E-state index contributed by atoms with van der Waals surface area (Å²) >= 11 is 0. The van der Waals surface area contributed by atoms with Crippen LogP contribution in [0.4, 0.5) is 0 Å². The average molecular weight is 277 g/mol. The molecule has 2 heterocycles. The molecule has 0 amide bonds. The van der Waals surface area contributed by atoms with Crippen molar-refractivity contribution in [1.29, 1.82) is 0 Å². The van der Waals surface area contributed by atoms with Gasteiger partial charge >= 0.3 is 0 Å². The van der Waals surface area contributed by atoms with E-state index in [1.54, 1.807) is 8.61 Å². The van der Waals surface area contributed by atoms with Crippen LogP contribution < -0.4 is 0 Å². The topological polar surface area (TPSA) is 53.1 Å². The third kappa shape index (κ3) is 3.03. The van der Waals surface area contributed by atoms with Crippen LogP contribution in [-0.2, 0) is 14.9 Å². The number of likely N-dealkylation sites (N-methyl/N-ethyl adjacent to an activating group) is 1. The summed E-state index contributed by atoms with van der Waals surface area (Å²) in [7, 11) is -1.30. The highest BCUT2D eigenvalue weighted by atomic mass is 32.2. The largest absolute Gasteiger partial charge is 0.373 e. The van der Waals surface area contributed by atoms with E-state index < -0.39 is 10.2 Å². The van der Waals surface area contributed by atoms with Crippen LogP contribution >= 0.6 is 0 Å². The first-order valence-electron chi connectivity index (χ1n) is 6.49. The molecule has 0 aromatic heterocycles. The Kier molecular flexibility index (Phi) is 4.28. The Hall–Kier alpha value is -0.210. The number of morpholine rings is 1. The molecule has 2 aliphatic heterocycles. The highest BCUT2D eigenvalue weighted by Gasteiger charge is 2.36. The van der Waals surface area contributed by atoms with E-state index in [0.29, 0.717) is 26.2 Å². The minimum atomic E-state index is -3.31. The second-order valence-electron chi connectivity index (χ2n) is 5.28. The lowest BCUT2D eigenvalue weighted by molar-refractivity contribution is -0.0457. The fourth-order valence-electron chi connectivity index (χ4n) is 2.50. The molecule has 18 heavy (non-hydrogen) atoms. The average Bonchev–Trinajstić information content (AvgIpc) is 2.28.